The number of halogens is 1. The van der Waals surface area contributed by atoms with Gasteiger partial charge in [0.15, 0.2) is 5.75 Å². The molecule has 0 saturated carbocycles. The molecule has 2 rings (SSSR count). The Kier molecular flexibility index (Phi) is 6.90. The third-order valence-electron chi connectivity index (χ3n) is 3.58. The van der Waals surface area contributed by atoms with E-state index in [4.69, 9.17) is 9.47 Å². The zero-order valence-electron chi connectivity index (χ0n) is 14.2. The zero-order chi connectivity index (χ0) is 18.9. The Balaban J connectivity index is 1.74. The molecule has 7 nitrogen and oxygen atoms in total. The molecule has 0 bridgehead atoms. The molecule has 1 amide bonds. The van der Waals surface area contributed by atoms with Crippen LogP contribution in [-0.4, -0.2) is 31.1 Å². The van der Waals surface area contributed by atoms with Gasteiger partial charge in [0.1, 0.15) is 11.6 Å². The molecule has 0 saturated heterocycles. The molecule has 8 heteroatoms. The maximum Gasteiger partial charge on any atom is 0.311 e. The largest absolute Gasteiger partial charge is 0.494 e. The summed E-state index contributed by atoms with van der Waals surface area (Å²) in [5.74, 6) is -0.0282. The van der Waals surface area contributed by atoms with Gasteiger partial charge in [-0.3, -0.25) is 14.9 Å². The predicted octanol–water partition coefficient (Wildman–Crippen LogP) is 3.33. The maximum absolute atomic E-state index is 12.8. The number of carbonyl (C=O) groups excluding carboxylic acids is 1. The molecule has 0 aliphatic carbocycles. The third-order valence-corrected chi connectivity index (χ3v) is 3.58. The molecule has 0 unspecified atom stereocenters. The molecule has 0 aliphatic rings. The van der Waals surface area contributed by atoms with Crippen LogP contribution in [0.1, 0.15) is 23.2 Å². The van der Waals surface area contributed by atoms with Crippen molar-refractivity contribution in [1.82, 2.24) is 5.32 Å². The van der Waals surface area contributed by atoms with Crippen molar-refractivity contribution in [3.8, 4) is 11.5 Å². The van der Waals surface area contributed by atoms with Crippen LogP contribution in [0, 0.1) is 15.9 Å². The highest BCUT2D eigenvalue weighted by Crippen LogP contribution is 2.27. The average Bonchev–Trinajstić information content (AvgIpc) is 2.65. The van der Waals surface area contributed by atoms with Gasteiger partial charge in [-0.05, 0) is 49.2 Å². The standard InChI is InChI=1S/C18H19FN2O5/c1-25-17-9-4-13(12-16(17)21(23)24)18(22)20-10-2-3-11-26-15-7-5-14(19)6-8-15/h4-9,12H,2-3,10-11H2,1H3,(H,20,22). The van der Waals surface area contributed by atoms with E-state index in [9.17, 15) is 19.3 Å². The Hall–Kier alpha value is -3.16. The number of nitrogens with one attached hydrogen (secondary N) is 1. The second-order valence-electron chi connectivity index (χ2n) is 5.41. The molecule has 2 aromatic rings. The quantitative estimate of drug-likeness (QED) is 0.420. The number of amides is 1. The van der Waals surface area contributed by atoms with Gasteiger partial charge in [0.05, 0.1) is 18.6 Å². The van der Waals surface area contributed by atoms with E-state index in [1.165, 1.54) is 37.4 Å². The lowest BCUT2D eigenvalue weighted by atomic mass is 10.1. The van der Waals surface area contributed by atoms with E-state index in [1.54, 1.807) is 12.1 Å². The fourth-order valence-electron chi connectivity index (χ4n) is 2.23. The van der Waals surface area contributed by atoms with E-state index >= 15 is 0 Å². The van der Waals surface area contributed by atoms with E-state index in [0.29, 0.717) is 31.7 Å². The molecule has 138 valence electrons. The molecule has 0 radical (unpaired) electrons. The van der Waals surface area contributed by atoms with Crippen LogP contribution in [0.2, 0.25) is 0 Å². The lowest BCUT2D eigenvalue weighted by Crippen LogP contribution is -2.24. The lowest BCUT2D eigenvalue weighted by molar-refractivity contribution is -0.385. The van der Waals surface area contributed by atoms with Gasteiger partial charge < -0.3 is 14.8 Å². The number of methoxy groups -OCH3 is 1. The number of hydrogen-bond donors (Lipinski definition) is 1. The number of ether oxygens (including phenoxy) is 2. The van der Waals surface area contributed by atoms with Crippen molar-refractivity contribution in [2.24, 2.45) is 0 Å². The first kappa shape index (κ1) is 19.2. The number of carbonyl (C=O) groups is 1. The van der Waals surface area contributed by atoms with Crippen molar-refractivity contribution in [3.05, 3.63) is 64.0 Å². The second-order valence-corrected chi connectivity index (χ2v) is 5.41. The van der Waals surface area contributed by atoms with Crippen LogP contribution in [0.25, 0.3) is 0 Å². The van der Waals surface area contributed by atoms with Crippen LogP contribution >= 0.6 is 0 Å². The van der Waals surface area contributed by atoms with Crippen molar-refractivity contribution in [2.75, 3.05) is 20.3 Å². The molecule has 2 aromatic carbocycles. The summed E-state index contributed by atoms with van der Waals surface area (Å²) in [7, 11) is 1.33. The number of benzene rings is 2. The second kappa shape index (κ2) is 9.36. The fourth-order valence-corrected chi connectivity index (χ4v) is 2.23. The van der Waals surface area contributed by atoms with Crippen LogP contribution < -0.4 is 14.8 Å². The van der Waals surface area contributed by atoms with E-state index < -0.39 is 10.8 Å². The average molecular weight is 362 g/mol. The molecule has 0 aliphatic heterocycles. The minimum atomic E-state index is -0.595. The van der Waals surface area contributed by atoms with Gasteiger partial charge in [0.2, 0.25) is 0 Å². The van der Waals surface area contributed by atoms with Crippen LogP contribution in [0.4, 0.5) is 10.1 Å². The van der Waals surface area contributed by atoms with E-state index in [-0.39, 0.29) is 22.8 Å². The molecule has 1 N–H and O–H groups in total. The number of hydrogen-bond acceptors (Lipinski definition) is 5. The normalized spacial score (nSPS) is 10.2. The summed E-state index contributed by atoms with van der Waals surface area (Å²) in [6.07, 6.45) is 1.37. The molecule has 0 spiro atoms. The highest BCUT2D eigenvalue weighted by molar-refractivity contribution is 5.95. The van der Waals surface area contributed by atoms with Gasteiger partial charge in [0.25, 0.3) is 5.91 Å². The number of unbranched alkanes of at least 4 members (excludes halogenated alkanes) is 1. The highest BCUT2D eigenvalue weighted by atomic mass is 19.1. The smallest absolute Gasteiger partial charge is 0.311 e. The van der Waals surface area contributed by atoms with E-state index in [2.05, 4.69) is 5.32 Å². The minimum Gasteiger partial charge on any atom is -0.494 e. The van der Waals surface area contributed by atoms with Crippen LogP contribution in [0.15, 0.2) is 42.5 Å². The first-order valence-corrected chi connectivity index (χ1v) is 8.00. The molecular formula is C18H19FN2O5. The van der Waals surface area contributed by atoms with Gasteiger partial charge in [-0.1, -0.05) is 0 Å². The molecular weight excluding hydrogens is 343 g/mol. The van der Waals surface area contributed by atoms with Gasteiger partial charge in [-0.25, -0.2) is 4.39 Å². The molecule has 0 heterocycles. The third kappa shape index (κ3) is 5.44. The van der Waals surface area contributed by atoms with Gasteiger partial charge in [-0.15, -0.1) is 0 Å². The number of rotatable bonds is 9. The summed E-state index contributed by atoms with van der Waals surface area (Å²) in [6, 6.07) is 9.79. The van der Waals surface area contributed by atoms with Gasteiger partial charge >= 0.3 is 5.69 Å². The Morgan fingerprint density at radius 1 is 1.19 bits per heavy atom. The van der Waals surface area contributed by atoms with Crippen molar-refractivity contribution in [3.63, 3.8) is 0 Å². The maximum atomic E-state index is 12.8. The number of nitro benzene ring substituents is 1. The van der Waals surface area contributed by atoms with Crippen molar-refractivity contribution < 1.29 is 23.6 Å². The van der Waals surface area contributed by atoms with Gasteiger partial charge in [-0.2, -0.15) is 0 Å². The van der Waals surface area contributed by atoms with E-state index in [0.717, 1.165) is 0 Å². The van der Waals surface area contributed by atoms with Crippen LogP contribution in [-0.2, 0) is 0 Å². The monoisotopic (exact) mass is 362 g/mol. The topological polar surface area (TPSA) is 90.7 Å². The predicted molar refractivity (Wildman–Crippen MR) is 93.1 cm³/mol. The van der Waals surface area contributed by atoms with Crippen LogP contribution in [0.5, 0.6) is 11.5 Å². The first-order valence-electron chi connectivity index (χ1n) is 8.00. The van der Waals surface area contributed by atoms with E-state index in [1.807, 2.05) is 0 Å². The summed E-state index contributed by atoms with van der Waals surface area (Å²) in [5, 5.41) is 13.7. The highest BCUT2D eigenvalue weighted by Gasteiger charge is 2.17. The Morgan fingerprint density at radius 3 is 2.58 bits per heavy atom. The molecule has 0 fully saturated rings. The van der Waals surface area contributed by atoms with Crippen LogP contribution in [0.3, 0.4) is 0 Å². The summed E-state index contributed by atoms with van der Waals surface area (Å²) >= 11 is 0. The number of nitrogens with zero attached hydrogens (tertiary/aromatic N) is 1. The summed E-state index contributed by atoms with van der Waals surface area (Å²) in [4.78, 5) is 22.5. The van der Waals surface area contributed by atoms with Crippen molar-refractivity contribution in [2.45, 2.75) is 12.8 Å². The molecule has 0 atom stereocenters. The van der Waals surface area contributed by atoms with Gasteiger partial charge in [0, 0.05) is 18.2 Å². The summed E-state index contributed by atoms with van der Waals surface area (Å²) < 4.78 is 23.1. The number of nitro groups is 1. The summed E-state index contributed by atoms with van der Waals surface area (Å²) in [6.45, 7) is 0.848. The Labute approximate surface area is 149 Å². The van der Waals surface area contributed by atoms with Crippen molar-refractivity contribution in [1.29, 1.82) is 0 Å². The summed E-state index contributed by atoms with van der Waals surface area (Å²) in [5.41, 5.74) is -0.0621. The Morgan fingerprint density at radius 2 is 1.92 bits per heavy atom. The molecule has 0 aromatic heterocycles. The lowest BCUT2D eigenvalue weighted by Gasteiger charge is -2.08. The zero-order valence-corrected chi connectivity index (χ0v) is 14.2. The first-order chi connectivity index (χ1) is 12.5. The SMILES string of the molecule is COc1ccc(C(=O)NCCCCOc2ccc(F)cc2)cc1[N+](=O)[O-]. The van der Waals surface area contributed by atoms with Crippen molar-refractivity contribution >= 4 is 11.6 Å². The minimum absolute atomic E-state index is 0.101. The Bertz CT molecular complexity index is 765. The molecule has 26 heavy (non-hydrogen) atoms. The fraction of sp³-hybridized carbons (Fsp3) is 0.278.